The maximum atomic E-state index is 12.9. The van der Waals surface area contributed by atoms with E-state index in [1.54, 1.807) is 4.31 Å². The lowest BCUT2D eigenvalue weighted by Gasteiger charge is -2.26. The molecule has 4 rings (SSSR count). The van der Waals surface area contributed by atoms with E-state index >= 15 is 0 Å². The normalized spacial score (nSPS) is 21.7. The second-order valence-corrected chi connectivity index (χ2v) is 11.1. The summed E-state index contributed by atoms with van der Waals surface area (Å²) in [6, 6.07) is 7.79. The van der Waals surface area contributed by atoms with Crippen molar-refractivity contribution in [2.24, 2.45) is 10.4 Å². The van der Waals surface area contributed by atoms with Gasteiger partial charge in [0.1, 0.15) is 0 Å². The van der Waals surface area contributed by atoms with E-state index in [1.165, 1.54) is 32.1 Å². The first-order valence-electron chi connectivity index (χ1n) is 11.7. The molecule has 32 heavy (non-hydrogen) atoms. The predicted octanol–water partition coefficient (Wildman–Crippen LogP) is 3.20. The molecule has 1 aliphatic carbocycles. The lowest BCUT2D eigenvalue weighted by molar-refractivity contribution is 0.0729. The average molecular weight is 577 g/mol. The Hall–Kier alpha value is -0.910. The minimum absolute atomic E-state index is 0. The molecule has 2 aliphatic heterocycles. The third kappa shape index (κ3) is 6.15. The second-order valence-electron chi connectivity index (χ2n) is 9.09. The van der Waals surface area contributed by atoms with Crippen LogP contribution in [0.1, 0.15) is 50.2 Å². The van der Waals surface area contributed by atoms with Gasteiger partial charge in [-0.05, 0) is 42.7 Å². The molecule has 0 atom stereocenters. The van der Waals surface area contributed by atoms with Crippen molar-refractivity contribution in [1.82, 2.24) is 14.5 Å². The van der Waals surface area contributed by atoms with E-state index in [0.717, 1.165) is 36.7 Å². The fraction of sp³-hybridized carbons (Fsp3) is 0.696. The van der Waals surface area contributed by atoms with Crippen LogP contribution in [0.4, 0.5) is 0 Å². The van der Waals surface area contributed by atoms with Crippen LogP contribution >= 0.6 is 24.0 Å². The number of hydrogen-bond acceptors (Lipinski definition) is 4. The van der Waals surface area contributed by atoms with Gasteiger partial charge in [-0.15, -0.1) is 24.0 Å². The van der Waals surface area contributed by atoms with Crippen LogP contribution in [0.5, 0.6) is 0 Å². The van der Waals surface area contributed by atoms with E-state index in [4.69, 9.17) is 9.73 Å². The highest BCUT2D eigenvalue weighted by molar-refractivity contribution is 14.0. The minimum atomic E-state index is -3.36. The smallest absolute Gasteiger partial charge is 0.218 e. The molecule has 1 N–H and O–H groups in total. The summed E-state index contributed by atoms with van der Waals surface area (Å²) in [5.74, 6) is 0.972. The van der Waals surface area contributed by atoms with Crippen LogP contribution in [0, 0.1) is 5.41 Å². The van der Waals surface area contributed by atoms with E-state index in [-0.39, 0.29) is 29.7 Å². The minimum Gasteiger partial charge on any atom is -0.379 e. The first kappa shape index (κ1) is 25.7. The number of rotatable bonds is 6. The van der Waals surface area contributed by atoms with Crippen LogP contribution < -0.4 is 5.32 Å². The SMILES string of the molecule is CCNC(=NCc1ccccc1CS(=O)(=O)N1CCOCC1)N1CCC2(CCCC2)C1.I. The van der Waals surface area contributed by atoms with E-state index in [2.05, 4.69) is 17.1 Å². The number of nitrogens with zero attached hydrogens (tertiary/aromatic N) is 3. The van der Waals surface area contributed by atoms with Gasteiger partial charge in [-0.3, -0.25) is 0 Å². The number of morpholine rings is 1. The molecule has 9 heteroatoms. The van der Waals surface area contributed by atoms with Gasteiger partial charge in [0.2, 0.25) is 10.0 Å². The Balaban J connectivity index is 0.00000289. The molecule has 1 aromatic carbocycles. The van der Waals surface area contributed by atoms with Crippen molar-refractivity contribution in [3.05, 3.63) is 35.4 Å². The van der Waals surface area contributed by atoms with Gasteiger partial charge < -0.3 is 15.0 Å². The fourth-order valence-corrected chi connectivity index (χ4v) is 6.76. The van der Waals surface area contributed by atoms with E-state index < -0.39 is 10.0 Å². The summed E-state index contributed by atoms with van der Waals surface area (Å²) in [7, 11) is -3.36. The summed E-state index contributed by atoms with van der Waals surface area (Å²) in [6.45, 7) is 7.36. The molecule has 7 nitrogen and oxygen atoms in total. The van der Waals surface area contributed by atoms with E-state index in [9.17, 15) is 8.42 Å². The lowest BCUT2D eigenvalue weighted by atomic mass is 9.86. The zero-order valence-corrected chi connectivity index (χ0v) is 22.2. The molecule has 1 saturated carbocycles. The molecule has 3 aliphatic rings. The van der Waals surface area contributed by atoms with Crippen molar-refractivity contribution < 1.29 is 13.2 Å². The van der Waals surface area contributed by atoms with Crippen molar-refractivity contribution in [3.8, 4) is 0 Å². The molecule has 0 aromatic heterocycles. The molecule has 0 radical (unpaired) electrons. The van der Waals surface area contributed by atoms with Gasteiger partial charge in [0.25, 0.3) is 0 Å². The van der Waals surface area contributed by atoms with Crippen molar-refractivity contribution in [3.63, 3.8) is 0 Å². The summed E-state index contributed by atoms with van der Waals surface area (Å²) in [4.78, 5) is 7.33. The molecule has 1 aromatic rings. The summed E-state index contributed by atoms with van der Waals surface area (Å²) >= 11 is 0. The Morgan fingerprint density at radius 2 is 1.78 bits per heavy atom. The molecule has 0 amide bonds. The third-order valence-electron chi connectivity index (χ3n) is 6.96. The quantitative estimate of drug-likeness (QED) is 0.320. The maximum Gasteiger partial charge on any atom is 0.218 e. The molecular weight excluding hydrogens is 539 g/mol. The largest absolute Gasteiger partial charge is 0.379 e. The summed E-state index contributed by atoms with van der Waals surface area (Å²) in [5.41, 5.74) is 2.30. The summed E-state index contributed by atoms with van der Waals surface area (Å²) in [5, 5.41) is 3.46. The van der Waals surface area contributed by atoms with Gasteiger partial charge in [-0.1, -0.05) is 37.1 Å². The molecule has 2 saturated heterocycles. The highest BCUT2D eigenvalue weighted by Crippen LogP contribution is 2.45. The van der Waals surface area contributed by atoms with Crippen LogP contribution in [-0.4, -0.2) is 69.5 Å². The highest BCUT2D eigenvalue weighted by atomic mass is 127. The van der Waals surface area contributed by atoms with Crippen LogP contribution in [0.2, 0.25) is 0 Å². The van der Waals surface area contributed by atoms with Crippen LogP contribution in [0.3, 0.4) is 0 Å². The van der Waals surface area contributed by atoms with Gasteiger partial charge >= 0.3 is 0 Å². The molecule has 2 heterocycles. The lowest BCUT2D eigenvalue weighted by Crippen LogP contribution is -2.41. The third-order valence-corrected chi connectivity index (χ3v) is 8.78. The number of hydrogen-bond donors (Lipinski definition) is 1. The van der Waals surface area contributed by atoms with Crippen molar-refractivity contribution in [2.45, 2.75) is 51.3 Å². The number of benzene rings is 1. The van der Waals surface area contributed by atoms with Gasteiger partial charge in [-0.2, -0.15) is 4.31 Å². The van der Waals surface area contributed by atoms with Gasteiger partial charge in [0.05, 0.1) is 25.5 Å². The zero-order chi connectivity index (χ0) is 21.7. The monoisotopic (exact) mass is 576 g/mol. The highest BCUT2D eigenvalue weighted by Gasteiger charge is 2.41. The number of aliphatic imine (C=N–C) groups is 1. The summed E-state index contributed by atoms with van der Waals surface area (Å²) < 4.78 is 32.7. The van der Waals surface area contributed by atoms with Gasteiger partial charge in [0.15, 0.2) is 5.96 Å². The number of guanidine groups is 1. The van der Waals surface area contributed by atoms with Gasteiger partial charge in [-0.25, -0.2) is 13.4 Å². The fourth-order valence-electron chi connectivity index (χ4n) is 5.20. The Labute approximate surface area is 210 Å². The van der Waals surface area contributed by atoms with Crippen LogP contribution in [0.15, 0.2) is 29.3 Å². The molecule has 0 bridgehead atoms. The second kappa shape index (κ2) is 11.5. The topological polar surface area (TPSA) is 74.2 Å². The number of likely N-dealkylation sites (tertiary alicyclic amines) is 1. The van der Waals surface area contributed by atoms with Crippen molar-refractivity contribution >= 4 is 40.0 Å². The Kier molecular flexibility index (Phi) is 9.23. The van der Waals surface area contributed by atoms with Crippen molar-refractivity contribution in [2.75, 3.05) is 45.9 Å². The zero-order valence-electron chi connectivity index (χ0n) is 19.1. The standard InChI is InChI=1S/C23H36N4O3S.HI/c1-2-24-22(26-12-11-23(19-26)9-5-6-10-23)25-17-20-7-3-4-8-21(20)18-31(28,29)27-13-15-30-16-14-27;/h3-4,7-8H,2,5-6,9-19H2,1H3,(H,24,25);1H. The van der Waals surface area contributed by atoms with Crippen molar-refractivity contribution in [1.29, 1.82) is 0 Å². The number of ether oxygens (including phenoxy) is 1. The Morgan fingerprint density at radius 1 is 1.09 bits per heavy atom. The number of nitrogens with one attached hydrogen (secondary N) is 1. The average Bonchev–Trinajstić information content (AvgIpc) is 3.42. The Bertz CT molecular complexity index is 881. The van der Waals surface area contributed by atoms with Crippen LogP contribution in [0.25, 0.3) is 0 Å². The van der Waals surface area contributed by atoms with E-state index in [0.29, 0.717) is 38.3 Å². The molecule has 3 fully saturated rings. The first-order chi connectivity index (χ1) is 15.0. The molecule has 0 unspecified atom stereocenters. The first-order valence-corrected chi connectivity index (χ1v) is 13.3. The molecule has 1 spiro atoms. The maximum absolute atomic E-state index is 12.9. The van der Waals surface area contributed by atoms with E-state index in [1.807, 2.05) is 24.3 Å². The molecule has 180 valence electrons. The number of sulfonamides is 1. The Morgan fingerprint density at radius 3 is 2.47 bits per heavy atom. The summed E-state index contributed by atoms with van der Waals surface area (Å²) in [6.07, 6.45) is 6.64. The van der Waals surface area contributed by atoms with Crippen LogP contribution in [-0.2, 0) is 27.1 Å². The van der Waals surface area contributed by atoms with Gasteiger partial charge in [0, 0.05) is 32.7 Å². The molecular formula is C23H37IN4O3S. The predicted molar refractivity (Wildman–Crippen MR) is 139 cm³/mol. The number of halogens is 1.